The number of carbonyl (C=O) groups excluding carboxylic acids is 1. The minimum Gasteiger partial charge on any atom is -0.294 e. The van der Waals surface area contributed by atoms with Crippen molar-refractivity contribution in [3.63, 3.8) is 0 Å². The van der Waals surface area contributed by atoms with Gasteiger partial charge in [0, 0.05) is 18.2 Å². The molecule has 0 fully saturated rings. The third-order valence-corrected chi connectivity index (χ3v) is 2.71. The van der Waals surface area contributed by atoms with Crippen molar-refractivity contribution >= 4 is 15.9 Å². The van der Waals surface area contributed by atoms with Gasteiger partial charge >= 0.3 is 0 Å². The van der Waals surface area contributed by atoms with E-state index in [2.05, 4.69) is 9.17 Å². The summed E-state index contributed by atoms with van der Waals surface area (Å²) in [5.74, 6) is 0.332. The zero-order valence-corrected chi connectivity index (χ0v) is 11.5. The molecule has 0 aliphatic heterocycles. The van der Waals surface area contributed by atoms with Gasteiger partial charge in [-0.25, -0.2) is 0 Å². The minimum atomic E-state index is -3.47. The molecule has 0 saturated heterocycles. The molecule has 6 heteroatoms. The van der Waals surface area contributed by atoms with Gasteiger partial charge in [-0.1, -0.05) is 13.8 Å². The summed E-state index contributed by atoms with van der Waals surface area (Å²) in [6.07, 6.45) is 2.90. The molecular weight excluding hydrogens is 254 g/mol. The van der Waals surface area contributed by atoms with E-state index in [1.807, 2.05) is 13.8 Å². The van der Waals surface area contributed by atoms with Gasteiger partial charge in [-0.3, -0.25) is 14.0 Å². The highest BCUT2D eigenvalue weighted by atomic mass is 32.2. The highest BCUT2D eigenvalue weighted by Gasteiger charge is 2.09. The van der Waals surface area contributed by atoms with Gasteiger partial charge < -0.3 is 0 Å². The van der Waals surface area contributed by atoms with Crippen molar-refractivity contribution in [2.45, 2.75) is 26.9 Å². The standard InChI is InChI=1S/C12H17NO4S/c1-9(2)6-12(14)10-4-5-11(13-7-10)8-17-18(3,15)16/h4-5,7,9H,6,8H2,1-3H3. The Morgan fingerprint density at radius 1 is 1.39 bits per heavy atom. The van der Waals surface area contributed by atoms with Crippen LogP contribution in [0.4, 0.5) is 0 Å². The molecule has 18 heavy (non-hydrogen) atoms. The summed E-state index contributed by atoms with van der Waals surface area (Å²) >= 11 is 0. The molecule has 5 nitrogen and oxygen atoms in total. The Kier molecular flexibility index (Phi) is 4.98. The molecule has 1 aromatic heterocycles. The summed E-state index contributed by atoms with van der Waals surface area (Å²) in [5.41, 5.74) is 1.01. The monoisotopic (exact) mass is 271 g/mol. The fraction of sp³-hybridized carbons (Fsp3) is 0.500. The van der Waals surface area contributed by atoms with Crippen LogP contribution in [-0.4, -0.2) is 25.4 Å². The Hall–Kier alpha value is -1.27. The lowest BCUT2D eigenvalue weighted by Crippen LogP contribution is -2.06. The second kappa shape index (κ2) is 6.06. The van der Waals surface area contributed by atoms with Crippen molar-refractivity contribution in [1.29, 1.82) is 0 Å². The molecule has 0 radical (unpaired) electrons. The maximum absolute atomic E-state index is 11.7. The van der Waals surface area contributed by atoms with Crippen LogP contribution in [0.1, 0.15) is 36.3 Å². The Labute approximate surface area is 107 Å². The largest absolute Gasteiger partial charge is 0.294 e. The van der Waals surface area contributed by atoms with E-state index < -0.39 is 10.1 Å². The van der Waals surface area contributed by atoms with Crippen LogP contribution in [0.2, 0.25) is 0 Å². The summed E-state index contributed by atoms with van der Waals surface area (Å²) in [4.78, 5) is 15.7. The second-order valence-corrected chi connectivity index (χ2v) is 6.17. The summed E-state index contributed by atoms with van der Waals surface area (Å²) in [5, 5.41) is 0. The van der Waals surface area contributed by atoms with Gasteiger partial charge in [-0.15, -0.1) is 0 Å². The van der Waals surface area contributed by atoms with Crippen molar-refractivity contribution in [3.8, 4) is 0 Å². The fourth-order valence-corrected chi connectivity index (χ4v) is 1.67. The maximum Gasteiger partial charge on any atom is 0.264 e. The topological polar surface area (TPSA) is 73.3 Å². The molecule has 100 valence electrons. The number of nitrogens with zero attached hydrogens (tertiary/aromatic N) is 1. The van der Waals surface area contributed by atoms with Gasteiger partial charge in [0.1, 0.15) is 6.61 Å². The molecule has 0 aliphatic rings. The van der Waals surface area contributed by atoms with Crippen LogP contribution in [0.15, 0.2) is 18.3 Å². The first kappa shape index (κ1) is 14.8. The number of pyridine rings is 1. The average molecular weight is 271 g/mol. The van der Waals surface area contributed by atoms with E-state index in [9.17, 15) is 13.2 Å². The second-order valence-electron chi connectivity index (χ2n) is 4.53. The molecule has 0 aliphatic carbocycles. The molecule has 0 atom stereocenters. The van der Waals surface area contributed by atoms with Gasteiger partial charge in [0.2, 0.25) is 0 Å². The first-order valence-corrected chi connectivity index (χ1v) is 7.42. The van der Waals surface area contributed by atoms with Gasteiger partial charge in [0.15, 0.2) is 5.78 Å². The van der Waals surface area contributed by atoms with E-state index in [1.165, 1.54) is 6.20 Å². The highest BCUT2D eigenvalue weighted by molar-refractivity contribution is 7.85. The predicted molar refractivity (Wildman–Crippen MR) is 67.7 cm³/mol. The number of hydrogen-bond donors (Lipinski definition) is 0. The van der Waals surface area contributed by atoms with Gasteiger partial charge in [-0.2, -0.15) is 8.42 Å². The molecule has 1 rings (SSSR count). The molecule has 0 aromatic carbocycles. The average Bonchev–Trinajstić information content (AvgIpc) is 2.25. The van der Waals surface area contributed by atoms with Crippen LogP contribution in [0.25, 0.3) is 0 Å². The van der Waals surface area contributed by atoms with Crippen LogP contribution < -0.4 is 0 Å². The molecule has 1 heterocycles. The van der Waals surface area contributed by atoms with E-state index in [4.69, 9.17) is 0 Å². The Bertz CT molecular complexity index is 505. The van der Waals surface area contributed by atoms with E-state index in [1.54, 1.807) is 12.1 Å². The first-order chi connectivity index (χ1) is 8.28. The summed E-state index contributed by atoms with van der Waals surface area (Å²) in [6, 6.07) is 3.23. The maximum atomic E-state index is 11.7. The molecular formula is C12H17NO4S. The van der Waals surface area contributed by atoms with E-state index in [0.717, 1.165) is 6.26 Å². The van der Waals surface area contributed by atoms with Crippen LogP contribution in [0, 0.1) is 5.92 Å². The number of Topliss-reactive ketones (excluding diaryl/α,β-unsaturated/α-hetero) is 1. The molecule has 0 unspecified atom stereocenters. The Morgan fingerprint density at radius 2 is 2.06 bits per heavy atom. The lowest BCUT2D eigenvalue weighted by Gasteiger charge is -2.05. The van der Waals surface area contributed by atoms with Gasteiger partial charge in [0.25, 0.3) is 10.1 Å². The normalized spacial score (nSPS) is 11.8. The molecule has 0 saturated carbocycles. The third kappa shape index (κ3) is 5.37. The van der Waals surface area contributed by atoms with Gasteiger partial charge in [0.05, 0.1) is 11.9 Å². The number of ketones is 1. The minimum absolute atomic E-state index is 0.0353. The SMILES string of the molecule is CC(C)CC(=O)c1ccc(COS(C)(=O)=O)nc1. The quantitative estimate of drug-likeness (QED) is 0.582. The summed E-state index contributed by atoms with van der Waals surface area (Å²) in [7, 11) is -3.47. The first-order valence-electron chi connectivity index (χ1n) is 5.60. The highest BCUT2D eigenvalue weighted by Crippen LogP contribution is 2.09. The molecule has 0 amide bonds. The van der Waals surface area contributed by atoms with Crippen molar-refractivity contribution in [1.82, 2.24) is 4.98 Å². The van der Waals surface area contributed by atoms with Crippen LogP contribution in [0.3, 0.4) is 0 Å². The molecule has 0 N–H and O–H groups in total. The van der Waals surface area contributed by atoms with E-state index >= 15 is 0 Å². The Balaban J connectivity index is 2.65. The predicted octanol–water partition coefficient (Wildman–Crippen LogP) is 1.79. The number of hydrogen-bond acceptors (Lipinski definition) is 5. The van der Waals surface area contributed by atoms with Crippen LogP contribution >= 0.6 is 0 Å². The summed E-state index contributed by atoms with van der Waals surface area (Å²) < 4.78 is 26.2. The Morgan fingerprint density at radius 3 is 2.50 bits per heavy atom. The van der Waals surface area contributed by atoms with Crippen molar-refractivity contribution in [3.05, 3.63) is 29.6 Å². The van der Waals surface area contributed by atoms with Gasteiger partial charge in [-0.05, 0) is 18.1 Å². The number of aromatic nitrogens is 1. The van der Waals surface area contributed by atoms with E-state index in [0.29, 0.717) is 23.6 Å². The molecule has 0 bridgehead atoms. The zero-order chi connectivity index (χ0) is 13.8. The smallest absolute Gasteiger partial charge is 0.264 e. The van der Waals surface area contributed by atoms with Crippen molar-refractivity contribution in [2.24, 2.45) is 5.92 Å². The zero-order valence-electron chi connectivity index (χ0n) is 10.7. The van der Waals surface area contributed by atoms with Crippen LogP contribution in [-0.2, 0) is 20.9 Å². The summed E-state index contributed by atoms with van der Waals surface area (Å²) in [6.45, 7) is 3.83. The number of carbonyl (C=O) groups is 1. The van der Waals surface area contributed by atoms with Crippen molar-refractivity contribution in [2.75, 3.05) is 6.26 Å². The fourth-order valence-electron chi connectivity index (χ4n) is 1.33. The van der Waals surface area contributed by atoms with E-state index in [-0.39, 0.29) is 12.4 Å². The van der Waals surface area contributed by atoms with Crippen LogP contribution in [0.5, 0.6) is 0 Å². The lowest BCUT2D eigenvalue weighted by molar-refractivity contribution is 0.0967. The molecule has 1 aromatic rings. The van der Waals surface area contributed by atoms with Crippen molar-refractivity contribution < 1.29 is 17.4 Å². The molecule has 0 spiro atoms. The third-order valence-electron chi connectivity index (χ3n) is 2.16. The lowest BCUT2D eigenvalue weighted by atomic mass is 10.0. The number of rotatable bonds is 6.